The Balaban J connectivity index is 1.63. The first-order valence-corrected chi connectivity index (χ1v) is 9.48. The van der Waals surface area contributed by atoms with E-state index in [1.54, 1.807) is 12.1 Å². The highest BCUT2D eigenvalue weighted by atomic mass is 16.5. The number of esters is 1. The zero-order valence-corrected chi connectivity index (χ0v) is 17.0. The Morgan fingerprint density at radius 1 is 0.900 bits per heavy atom. The summed E-state index contributed by atoms with van der Waals surface area (Å²) in [6, 6.07) is 13.9. The molecule has 0 aliphatic carbocycles. The SMILES string of the molecule is Cc1cccc(NC(=O)NC(=O)COC(=O)CCNC(=O)Cc2ccccc2)c1C. The number of aryl methyl sites for hydroxylation is 1. The summed E-state index contributed by atoms with van der Waals surface area (Å²) in [4.78, 5) is 47.2. The molecule has 0 spiro atoms. The zero-order valence-electron chi connectivity index (χ0n) is 17.0. The normalized spacial score (nSPS) is 10.1. The Morgan fingerprint density at radius 2 is 1.63 bits per heavy atom. The van der Waals surface area contributed by atoms with Crippen LogP contribution >= 0.6 is 0 Å². The van der Waals surface area contributed by atoms with Gasteiger partial charge in [-0.3, -0.25) is 19.7 Å². The number of amides is 4. The van der Waals surface area contributed by atoms with E-state index in [-0.39, 0.29) is 25.3 Å². The van der Waals surface area contributed by atoms with E-state index in [4.69, 9.17) is 4.74 Å². The molecule has 0 aliphatic rings. The fraction of sp³-hybridized carbons (Fsp3) is 0.273. The van der Waals surface area contributed by atoms with Crippen molar-refractivity contribution in [3.05, 3.63) is 65.2 Å². The number of benzene rings is 2. The molecule has 0 unspecified atom stereocenters. The van der Waals surface area contributed by atoms with E-state index in [0.29, 0.717) is 5.69 Å². The van der Waals surface area contributed by atoms with E-state index < -0.39 is 24.5 Å². The van der Waals surface area contributed by atoms with Crippen molar-refractivity contribution in [3.8, 4) is 0 Å². The van der Waals surface area contributed by atoms with Crippen LogP contribution in [0.1, 0.15) is 23.1 Å². The average molecular weight is 411 g/mol. The number of rotatable bonds is 8. The van der Waals surface area contributed by atoms with Gasteiger partial charge in [-0.25, -0.2) is 4.79 Å². The summed E-state index contributed by atoms with van der Waals surface area (Å²) < 4.78 is 4.82. The van der Waals surface area contributed by atoms with E-state index >= 15 is 0 Å². The van der Waals surface area contributed by atoms with Crippen molar-refractivity contribution >= 4 is 29.5 Å². The standard InChI is InChI=1S/C22H25N3O5/c1-15-7-6-10-18(16(15)2)24-22(29)25-20(27)14-30-21(28)11-12-23-19(26)13-17-8-4-3-5-9-17/h3-10H,11-14H2,1-2H3,(H,23,26)(H2,24,25,27,29). The summed E-state index contributed by atoms with van der Waals surface area (Å²) in [5, 5.41) is 7.29. The Morgan fingerprint density at radius 3 is 2.37 bits per heavy atom. The number of ether oxygens (including phenoxy) is 1. The fourth-order valence-electron chi connectivity index (χ4n) is 2.57. The molecule has 2 aromatic rings. The van der Waals surface area contributed by atoms with Gasteiger partial charge in [-0.1, -0.05) is 42.5 Å². The zero-order chi connectivity index (χ0) is 21.9. The van der Waals surface area contributed by atoms with Gasteiger partial charge in [0.05, 0.1) is 12.8 Å². The van der Waals surface area contributed by atoms with Crippen LogP contribution in [0.25, 0.3) is 0 Å². The molecule has 0 saturated carbocycles. The van der Waals surface area contributed by atoms with Crippen LogP contribution in [0.15, 0.2) is 48.5 Å². The minimum absolute atomic E-state index is 0.0809. The van der Waals surface area contributed by atoms with Gasteiger partial charge in [-0.05, 0) is 36.6 Å². The van der Waals surface area contributed by atoms with Crippen LogP contribution in [0, 0.1) is 13.8 Å². The van der Waals surface area contributed by atoms with Crippen molar-refractivity contribution in [2.24, 2.45) is 0 Å². The molecule has 0 atom stereocenters. The molecule has 0 heterocycles. The summed E-state index contributed by atoms with van der Waals surface area (Å²) in [6.07, 6.45) is 0.135. The lowest BCUT2D eigenvalue weighted by molar-refractivity contribution is -0.148. The number of nitrogens with one attached hydrogen (secondary N) is 3. The highest BCUT2D eigenvalue weighted by Crippen LogP contribution is 2.17. The molecule has 0 saturated heterocycles. The summed E-state index contributed by atoms with van der Waals surface area (Å²) in [6.45, 7) is 3.27. The summed E-state index contributed by atoms with van der Waals surface area (Å²) in [7, 11) is 0. The second-order valence-electron chi connectivity index (χ2n) is 6.67. The van der Waals surface area contributed by atoms with Gasteiger partial charge in [0.1, 0.15) is 0 Å². The van der Waals surface area contributed by atoms with Gasteiger partial charge in [0.25, 0.3) is 5.91 Å². The average Bonchev–Trinajstić information content (AvgIpc) is 2.70. The molecular formula is C22H25N3O5. The Hall–Kier alpha value is -3.68. The number of carbonyl (C=O) groups is 4. The molecule has 30 heavy (non-hydrogen) atoms. The predicted molar refractivity (Wildman–Crippen MR) is 112 cm³/mol. The lowest BCUT2D eigenvalue weighted by Crippen LogP contribution is -2.37. The van der Waals surface area contributed by atoms with Crippen molar-refractivity contribution in [3.63, 3.8) is 0 Å². The maximum atomic E-state index is 11.9. The minimum Gasteiger partial charge on any atom is -0.456 e. The van der Waals surface area contributed by atoms with Crippen LogP contribution in [0.2, 0.25) is 0 Å². The highest BCUT2D eigenvalue weighted by molar-refractivity contribution is 6.02. The van der Waals surface area contributed by atoms with Gasteiger partial charge < -0.3 is 15.4 Å². The van der Waals surface area contributed by atoms with E-state index in [1.807, 2.05) is 50.2 Å². The van der Waals surface area contributed by atoms with Crippen LogP contribution in [0.4, 0.5) is 10.5 Å². The smallest absolute Gasteiger partial charge is 0.325 e. The van der Waals surface area contributed by atoms with Crippen molar-refractivity contribution in [2.75, 3.05) is 18.5 Å². The molecular weight excluding hydrogens is 386 g/mol. The third-order valence-corrected chi connectivity index (χ3v) is 4.33. The van der Waals surface area contributed by atoms with Gasteiger partial charge in [-0.15, -0.1) is 0 Å². The van der Waals surface area contributed by atoms with Crippen molar-refractivity contribution in [1.82, 2.24) is 10.6 Å². The van der Waals surface area contributed by atoms with Crippen molar-refractivity contribution in [2.45, 2.75) is 26.7 Å². The second-order valence-corrected chi connectivity index (χ2v) is 6.67. The summed E-state index contributed by atoms with van der Waals surface area (Å²) in [5.74, 6) is -1.62. The van der Waals surface area contributed by atoms with Crippen LogP contribution in [-0.4, -0.2) is 37.0 Å². The van der Waals surface area contributed by atoms with Gasteiger partial charge in [0.2, 0.25) is 5.91 Å². The lowest BCUT2D eigenvalue weighted by Gasteiger charge is -2.11. The van der Waals surface area contributed by atoms with Crippen molar-refractivity contribution in [1.29, 1.82) is 0 Å². The van der Waals surface area contributed by atoms with E-state index in [0.717, 1.165) is 16.7 Å². The maximum Gasteiger partial charge on any atom is 0.325 e. The lowest BCUT2D eigenvalue weighted by atomic mass is 10.1. The number of hydrogen-bond acceptors (Lipinski definition) is 5. The van der Waals surface area contributed by atoms with Crippen LogP contribution in [0.3, 0.4) is 0 Å². The molecule has 4 amide bonds. The third kappa shape index (κ3) is 7.75. The van der Waals surface area contributed by atoms with E-state index in [9.17, 15) is 19.2 Å². The van der Waals surface area contributed by atoms with Crippen LogP contribution in [0.5, 0.6) is 0 Å². The molecule has 2 rings (SSSR count). The number of carbonyl (C=O) groups excluding carboxylic acids is 4. The fourth-order valence-corrected chi connectivity index (χ4v) is 2.57. The van der Waals surface area contributed by atoms with Crippen LogP contribution < -0.4 is 16.0 Å². The Labute approximate surface area is 175 Å². The molecule has 8 heteroatoms. The first kappa shape index (κ1) is 22.6. The molecule has 2 aromatic carbocycles. The molecule has 158 valence electrons. The van der Waals surface area contributed by atoms with Gasteiger partial charge in [-0.2, -0.15) is 0 Å². The van der Waals surface area contributed by atoms with Gasteiger partial charge >= 0.3 is 12.0 Å². The highest BCUT2D eigenvalue weighted by Gasteiger charge is 2.12. The van der Waals surface area contributed by atoms with Gasteiger partial charge in [0.15, 0.2) is 6.61 Å². The van der Waals surface area contributed by atoms with E-state index in [1.165, 1.54) is 0 Å². The minimum atomic E-state index is -0.751. The monoisotopic (exact) mass is 411 g/mol. The van der Waals surface area contributed by atoms with Crippen LogP contribution in [-0.2, 0) is 25.5 Å². The number of imide groups is 1. The van der Waals surface area contributed by atoms with Crippen molar-refractivity contribution < 1.29 is 23.9 Å². The molecule has 3 N–H and O–H groups in total. The molecule has 0 radical (unpaired) electrons. The number of urea groups is 1. The second kappa shape index (κ2) is 11.4. The Kier molecular flexibility index (Phi) is 8.56. The first-order valence-electron chi connectivity index (χ1n) is 9.48. The molecule has 8 nitrogen and oxygen atoms in total. The molecule has 0 fully saturated rings. The first-order chi connectivity index (χ1) is 14.3. The topological polar surface area (TPSA) is 114 Å². The summed E-state index contributed by atoms with van der Waals surface area (Å²) >= 11 is 0. The number of hydrogen-bond donors (Lipinski definition) is 3. The van der Waals surface area contributed by atoms with Gasteiger partial charge in [0, 0.05) is 12.2 Å². The molecule has 0 aromatic heterocycles. The number of anilines is 1. The summed E-state index contributed by atoms with van der Waals surface area (Å²) in [5.41, 5.74) is 3.35. The molecule has 0 aliphatic heterocycles. The maximum absolute atomic E-state index is 11.9. The van der Waals surface area contributed by atoms with E-state index in [2.05, 4.69) is 16.0 Å². The third-order valence-electron chi connectivity index (χ3n) is 4.33. The predicted octanol–water partition coefficient (Wildman–Crippen LogP) is 2.24. The largest absolute Gasteiger partial charge is 0.456 e. The Bertz CT molecular complexity index is 912. The molecule has 0 bridgehead atoms. The quantitative estimate of drug-likeness (QED) is 0.577.